The average molecular weight is 313 g/mol. The van der Waals surface area contributed by atoms with Crippen LogP contribution in [0.4, 0.5) is 16.2 Å². The predicted molar refractivity (Wildman–Crippen MR) is 94.2 cm³/mol. The average Bonchev–Trinajstić information content (AvgIpc) is 2.55. The van der Waals surface area contributed by atoms with E-state index in [4.69, 9.17) is 4.74 Å². The number of carbonyl (C=O) groups excluding carboxylic acids is 1. The SMILES string of the molecule is CCOc1ccc(CNC(=O)Nc2cccc(N(C)C)c2)cc1. The van der Waals surface area contributed by atoms with Crippen molar-refractivity contribution in [1.29, 1.82) is 0 Å². The molecule has 5 nitrogen and oxygen atoms in total. The maximum atomic E-state index is 12.0. The molecule has 0 aliphatic carbocycles. The maximum absolute atomic E-state index is 12.0. The van der Waals surface area contributed by atoms with Crippen LogP contribution in [-0.4, -0.2) is 26.7 Å². The molecule has 2 amide bonds. The largest absolute Gasteiger partial charge is 0.494 e. The zero-order chi connectivity index (χ0) is 16.7. The number of rotatable bonds is 6. The normalized spacial score (nSPS) is 10.0. The van der Waals surface area contributed by atoms with Gasteiger partial charge in [-0.15, -0.1) is 0 Å². The van der Waals surface area contributed by atoms with Crippen molar-refractivity contribution in [2.24, 2.45) is 0 Å². The Morgan fingerprint density at radius 1 is 1.13 bits per heavy atom. The molecule has 2 aromatic rings. The predicted octanol–water partition coefficient (Wildman–Crippen LogP) is 3.47. The molecule has 0 saturated heterocycles. The second kappa shape index (κ2) is 8.08. The van der Waals surface area contributed by atoms with Crippen LogP contribution in [0.15, 0.2) is 48.5 Å². The Kier molecular flexibility index (Phi) is 5.86. The number of nitrogens with zero attached hydrogens (tertiary/aromatic N) is 1. The van der Waals surface area contributed by atoms with Gasteiger partial charge in [0.05, 0.1) is 6.61 Å². The minimum atomic E-state index is -0.227. The van der Waals surface area contributed by atoms with Crippen molar-refractivity contribution in [3.8, 4) is 5.75 Å². The van der Waals surface area contributed by atoms with Crippen LogP contribution in [0.3, 0.4) is 0 Å². The van der Waals surface area contributed by atoms with E-state index in [1.54, 1.807) is 0 Å². The number of nitrogens with one attached hydrogen (secondary N) is 2. The molecule has 0 heterocycles. The summed E-state index contributed by atoms with van der Waals surface area (Å²) in [6, 6.07) is 15.2. The molecular weight excluding hydrogens is 290 g/mol. The Hall–Kier alpha value is -2.69. The van der Waals surface area contributed by atoms with E-state index in [0.717, 1.165) is 22.7 Å². The van der Waals surface area contributed by atoms with Gasteiger partial charge in [0.25, 0.3) is 0 Å². The van der Waals surface area contributed by atoms with Crippen LogP contribution < -0.4 is 20.3 Å². The highest BCUT2D eigenvalue weighted by Gasteiger charge is 2.03. The van der Waals surface area contributed by atoms with Gasteiger partial charge in [-0.2, -0.15) is 0 Å². The summed E-state index contributed by atoms with van der Waals surface area (Å²) in [5.74, 6) is 0.834. The van der Waals surface area contributed by atoms with Gasteiger partial charge in [-0.05, 0) is 42.8 Å². The second-order valence-electron chi connectivity index (χ2n) is 5.33. The first-order valence-electron chi connectivity index (χ1n) is 7.62. The molecule has 2 rings (SSSR count). The monoisotopic (exact) mass is 313 g/mol. The summed E-state index contributed by atoms with van der Waals surface area (Å²) < 4.78 is 5.39. The lowest BCUT2D eigenvalue weighted by Crippen LogP contribution is -2.28. The van der Waals surface area contributed by atoms with Crippen molar-refractivity contribution < 1.29 is 9.53 Å². The van der Waals surface area contributed by atoms with Crippen molar-refractivity contribution in [1.82, 2.24) is 5.32 Å². The van der Waals surface area contributed by atoms with Crippen LogP contribution in [-0.2, 0) is 6.54 Å². The number of hydrogen-bond acceptors (Lipinski definition) is 3. The number of ether oxygens (including phenoxy) is 1. The van der Waals surface area contributed by atoms with Gasteiger partial charge < -0.3 is 20.3 Å². The molecular formula is C18H23N3O2. The fourth-order valence-corrected chi connectivity index (χ4v) is 2.09. The molecule has 0 aliphatic rings. The van der Waals surface area contributed by atoms with E-state index >= 15 is 0 Å². The molecule has 0 fully saturated rings. The van der Waals surface area contributed by atoms with Gasteiger partial charge in [0.15, 0.2) is 0 Å². The molecule has 0 bridgehead atoms. The fraction of sp³-hybridized carbons (Fsp3) is 0.278. The molecule has 0 radical (unpaired) electrons. The number of amides is 2. The summed E-state index contributed by atoms with van der Waals surface area (Å²) in [6.45, 7) is 3.06. The first kappa shape index (κ1) is 16.7. The van der Waals surface area contributed by atoms with Gasteiger partial charge in [0, 0.05) is 32.0 Å². The highest BCUT2D eigenvalue weighted by atomic mass is 16.5. The summed E-state index contributed by atoms with van der Waals surface area (Å²) in [6.07, 6.45) is 0. The Morgan fingerprint density at radius 3 is 2.52 bits per heavy atom. The minimum absolute atomic E-state index is 0.227. The molecule has 0 spiro atoms. The summed E-state index contributed by atoms with van der Waals surface area (Å²) in [7, 11) is 3.93. The lowest BCUT2D eigenvalue weighted by Gasteiger charge is -2.14. The number of anilines is 2. The number of hydrogen-bond donors (Lipinski definition) is 2. The standard InChI is InChI=1S/C18H23N3O2/c1-4-23-17-10-8-14(9-11-17)13-19-18(22)20-15-6-5-7-16(12-15)21(2)3/h5-12H,4,13H2,1-3H3,(H2,19,20,22). The van der Waals surface area contributed by atoms with Crippen molar-refractivity contribution in [3.63, 3.8) is 0 Å². The molecule has 0 unspecified atom stereocenters. The van der Waals surface area contributed by atoms with E-state index in [1.807, 2.05) is 74.4 Å². The first-order chi connectivity index (χ1) is 11.1. The third-order valence-corrected chi connectivity index (χ3v) is 3.31. The smallest absolute Gasteiger partial charge is 0.319 e. The highest BCUT2D eigenvalue weighted by Crippen LogP contribution is 2.17. The Bertz CT molecular complexity index is 639. The lowest BCUT2D eigenvalue weighted by molar-refractivity contribution is 0.251. The molecule has 23 heavy (non-hydrogen) atoms. The number of urea groups is 1. The van der Waals surface area contributed by atoms with E-state index in [0.29, 0.717) is 13.2 Å². The molecule has 122 valence electrons. The van der Waals surface area contributed by atoms with Crippen LogP contribution in [0.25, 0.3) is 0 Å². The quantitative estimate of drug-likeness (QED) is 0.858. The third kappa shape index (κ3) is 5.21. The van der Waals surface area contributed by atoms with Gasteiger partial charge in [0.2, 0.25) is 0 Å². The van der Waals surface area contributed by atoms with E-state index in [2.05, 4.69) is 10.6 Å². The number of carbonyl (C=O) groups is 1. The molecule has 0 atom stereocenters. The summed E-state index contributed by atoms with van der Waals surface area (Å²) in [5, 5.41) is 5.68. The fourth-order valence-electron chi connectivity index (χ4n) is 2.09. The Balaban J connectivity index is 1.86. The molecule has 0 aromatic heterocycles. The van der Waals surface area contributed by atoms with Gasteiger partial charge in [-0.25, -0.2) is 4.79 Å². The molecule has 0 saturated carbocycles. The second-order valence-corrected chi connectivity index (χ2v) is 5.33. The zero-order valence-corrected chi connectivity index (χ0v) is 13.8. The third-order valence-electron chi connectivity index (χ3n) is 3.31. The zero-order valence-electron chi connectivity index (χ0n) is 13.8. The van der Waals surface area contributed by atoms with Crippen LogP contribution >= 0.6 is 0 Å². The summed E-state index contributed by atoms with van der Waals surface area (Å²) in [4.78, 5) is 14.0. The van der Waals surface area contributed by atoms with Crippen molar-refractivity contribution in [2.45, 2.75) is 13.5 Å². The van der Waals surface area contributed by atoms with E-state index < -0.39 is 0 Å². The van der Waals surface area contributed by atoms with Crippen LogP contribution in [0.2, 0.25) is 0 Å². The van der Waals surface area contributed by atoms with Crippen LogP contribution in [0.5, 0.6) is 5.75 Å². The van der Waals surface area contributed by atoms with Gasteiger partial charge >= 0.3 is 6.03 Å². The lowest BCUT2D eigenvalue weighted by atomic mass is 10.2. The van der Waals surface area contributed by atoms with Gasteiger partial charge in [-0.3, -0.25) is 0 Å². The van der Waals surface area contributed by atoms with E-state index in [1.165, 1.54) is 0 Å². The first-order valence-corrected chi connectivity index (χ1v) is 7.62. The summed E-state index contributed by atoms with van der Waals surface area (Å²) >= 11 is 0. The molecule has 5 heteroatoms. The van der Waals surface area contributed by atoms with Gasteiger partial charge in [-0.1, -0.05) is 18.2 Å². The van der Waals surface area contributed by atoms with Crippen molar-refractivity contribution >= 4 is 17.4 Å². The van der Waals surface area contributed by atoms with Crippen molar-refractivity contribution in [3.05, 3.63) is 54.1 Å². The van der Waals surface area contributed by atoms with E-state index in [-0.39, 0.29) is 6.03 Å². The topological polar surface area (TPSA) is 53.6 Å². The van der Waals surface area contributed by atoms with Crippen molar-refractivity contribution in [2.75, 3.05) is 30.9 Å². The Morgan fingerprint density at radius 2 is 1.87 bits per heavy atom. The van der Waals surface area contributed by atoms with Crippen LogP contribution in [0.1, 0.15) is 12.5 Å². The molecule has 2 N–H and O–H groups in total. The van der Waals surface area contributed by atoms with Crippen LogP contribution in [0, 0.1) is 0 Å². The highest BCUT2D eigenvalue weighted by molar-refractivity contribution is 5.89. The molecule has 2 aromatic carbocycles. The van der Waals surface area contributed by atoms with Gasteiger partial charge in [0.1, 0.15) is 5.75 Å². The molecule has 0 aliphatic heterocycles. The maximum Gasteiger partial charge on any atom is 0.319 e. The Labute approximate surface area is 137 Å². The van der Waals surface area contributed by atoms with E-state index in [9.17, 15) is 4.79 Å². The minimum Gasteiger partial charge on any atom is -0.494 e. The number of benzene rings is 2. The summed E-state index contributed by atoms with van der Waals surface area (Å²) in [5.41, 5.74) is 2.82.